The van der Waals surface area contributed by atoms with Crippen molar-refractivity contribution in [1.29, 1.82) is 0 Å². The first-order valence-electron chi connectivity index (χ1n) is 6.92. The molecule has 0 spiro atoms. The van der Waals surface area contributed by atoms with Crippen molar-refractivity contribution in [3.8, 4) is 11.1 Å². The number of furan rings is 1. The molecule has 0 aliphatic carbocycles. The van der Waals surface area contributed by atoms with E-state index < -0.39 is 0 Å². The van der Waals surface area contributed by atoms with Crippen LogP contribution < -0.4 is 5.32 Å². The first-order chi connectivity index (χ1) is 10.3. The molecular formula is C16H19NO4. The van der Waals surface area contributed by atoms with Crippen molar-refractivity contribution < 1.29 is 19.1 Å². The normalized spacial score (nSPS) is 10.5. The van der Waals surface area contributed by atoms with Crippen LogP contribution in [0.1, 0.15) is 17.0 Å². The second-order valence-electron chi connectivity index (χ2n) is 4.47. The van der Waals surface area contributed by atoms with Gasteiger partial charge in [0.1, 0.15) is 0 Å². The number of nitrogens with one attached hydrogen (secondary N) is 1. The third-order valence-electron chi connectivity index (χ3n) is 2.94. The van der Waals surface area contributed by atoms with E-state index in [1.807, 2.05) is 30.3 Å². The summed E-state index contributed by atoms with van der Waals surface area (Å²) in [6.07, 6.45) is 2.20. The fraction of sp³-hybridized carbons (Fsp3) is 0.312. The first-order valence-corrected chi connectivity index (χ1v) is 6.92. The number of ether oxygens (including phenoxy) is 1. The Labute approximate surface area is 123 Å². The fourth-order valence-corrected chi connectivity index (χ4v) is 1.95. The number of amides is 1. The monoisotopic (exact) mass is 289 g/mol. The third-order valence-corrected chi connectivity index (χ3v) is 2.94. The minimum absolute atomic E-state index is 0.0131. The van der Waals surface area contributed by atoms with E-state index in [9.17, 15) is 4.79 Å². The van der Waals surface area contributed by atoms with Crippen LogP contribution in [0.5, 0.6) is 0 Å². The van der Waals surface area contributed by atoms with Crippen LogP contribution in [0.25, 0.3) is 11.1 Å². The van der Waals surface area contributed by atoms with Gasteiger partial charge in [0, 0.05) is 18.7 Å². The van der Waals surface area contributed by atoms with Crippen molar-refractivity contribution >= 4 is 5.91 Å². The molecule has 5 nitrogen and oxygen atoms in total. The van der Waals surface area contributed by atoms with Crippen molar-refractivity contribution in [3.05, 3.63) is 48.4 Å². The molecule has 0 bridgehead atoms. The van der Waals surface area contributed by atoms with Crippen LogP contribution in [0, 0.1) is 0 Å². The van der Waals surface area contributed by atoms with Crippen molar-refractivity contribution in [2.45, 2.75) is 6.42 Å². The molecule has 112 valence electrons. The van der Waals surface area contributed by atoms with Gasteiger partial charge in [-0.05, 0) is 18.1 Å². The van der Waals surface area contributed by atoms with Gasteiger partial charge in [-0.3, -0.25) is 4.79 Å². The highest BCUT2D eigenvalue weighted by Crippen LogP contribution is 2.24. The minimum Gasteiger partial charge on any atom is -0.459 e. The Kier molecular flexibility index (Phi) is 5.99. The highest BCUT2D eigenvalue weighted by Gasteiger charge is 2.15. The van der Waals surface area contributed by atoms with E-state index in [1.165, 1.54) is 6.26 Å². The van der Waals surface area contributed by atoms with Crippen molar-refractivity contribution in [2.24, 2.45) is 0 Å². The van der Waals surface area contributed by atoms with E-state index in [0.29, 0.717) is 31.9 Å². The number of carbonyl (C=O) groups excluding carboxylic acids is 1. The number of hydrogen-bond acceptors (Lipinski definition) is 4. The molecular weight excluding hydrogens is 270 g/mol. The van der Waals surface area contributed by atoms with Gasteiger partial charge in [0.15, 0.2) is 5.76 Å². The molecule has 0 aliphatic heterocycles. The van der Waals surface area contributed by atoms with Gasteiger partial charge in [-0.2, -0.15) is 0 Å². The van der Waals surface area contributed by atoms with Crippen LogP contribution in [-0.4, -0.2) is 37.4 Å². The molecule has 1 aromatic carbocycles. The second kappa shape index (κ2) is 8.24. The summed E-state index contributed by atoms with van der Waals surface area (Å²) in [5.74, 6) is 0.0819. The molecule has 2 rings (SSSR count). The van der Waals surface area contributed by atoms with E-state index in [0.717, 1.165) is 11.1 Å². The van der Waals surface area contributed by atoms with Crippen LogP contribution in [0.4, 0.5) is 0 Å². The summed E-state index contributed by atoms with van der Waals surface area (Å²) in [5, 5.41) is 11.4. The van der Waals surface area contributed by atoms with Gasteiger partial charge < -0.3 is 19.6 Å². The Morgan fingerprint density at radius 2 is 2.00 bits per heavy atom. The van der Waals surface area contributed by atoms with Crippen LogP contribution >= 0.6 is 0 Å². The van der Waals surface area contributed by atoms with E-state index in [1.54, 1.807) is 6.07 Å². The van der Waals surface area contributed by atoms with Gasteiger partial charge in [-0.1, -0.05) is 30.3 Å². The number of hydrogen-bond donors (Lipinski definition) is 2. The lowest BCUT2D eigenvalue weighted by atomic mass is 10.1. The average molecular weight is 289 g/mol. The lowest BCUT2D eigenvalue weighted by molar-refractivity contribution is 0.0856. The van der Waals surface area contributed by atoms with Gasteiger partial charge >= 0.3 is 0 Å². The minimum atomic E-state index is -0.235. The van der Waals surface area contributed by atoms with Crippen LogP contribution in [0.2, 0.25) is 0 Å². The smallest absolute Gasteiger partial charge is 0.287 e. The van der Waals surface area contributed by atoms with E-state index >= 15 is 0 Å². The maximum Gasteiger partial charge on any atom is 0.287 e. The van der Waals surface area contributed by atoms with E-state index in [-0.39, 0.29) is 12.5 Å². The largest absolute Gasteiger partial charge is 0.459 e. The number of benzene rings is 1. The standard InChI is InChI=1S/C16H19NO4/c18-9-12-20-10-4-8-17-16(19)15-14(7-11-21-15)13-5-2-1-3-6-13/h1-3,5-7,11,18H,4,8-10,12H2,(H,17,19). The molecule has 5 heteroatoms. The lowest BCUT2D eigenvalue weighted by Crippen LogP contribution is -2.25. The highest BCUT2D eigenvalue weighted by atomic mass is 16.5. The van der Waals surface area contributed by atoms with Crippen molar-refractivity contribution in [3.63, 3.8) is 0 Å². The third kappa shape index (κ3) is 4.44. The van der Waals surface area contributed by atoms with E-state index in [2.05, 4.69) is 5.32 Å². The summed E-state index contributed by atoms with van der Waals surface area (Å²) in [7, 11) is 0. The number of rotatable bonds is 8. The van der Waals surface area contributed by atoms with Gasteiger partial charge in [-0.15, -0.1) is 0 Å². The van der Waals surface area contributed by atoms with Gasteiger partial charge in [-0.25, -0.2) is 0 Å². The summed E-state index contributed by atoms with van der Waals surface area (Å²) in [6.45, 7) is 1.34. The van der Waals surface area contributed by atoms with E-state index in [4.69, 9.17) is 14.3 Å². The second-order valence-corrected chi connectivity index (χ2v) is 4.47. The molecule has 0 fully saturated rings. The SMILES string of the molecule is O=C(NCCCOCCO)c1occc1-c1ccccc1. The Bertz CT molecular complexity index is 550. The zero-order valence-corrected chi connectivity index (χ0v) is 11.7. The van der Waals surface area contributed by atoms with Crippen LogP contribution in [-0.2, 0) is 4.74 Å². The fourth-order valence-electron chi connectivity index (χ4n) is 1.95. The molecule has 21 heavy (non-hydrogen) atoms. The van der Waals surface area contributed by atoms with Crippen molar-refractivity contribution in [1.82, 2.24) is 5.32 Å². The molecule has 0 saturated carbocycles. The number of aliphatic hydroxyl groups is 1. The summed E-state index contributed by atoms with van der Waals surface area (Å²) in [5.41, 5.74) is 1.73. The van der Waals surface area contributed by atoms with Crippen LogP contribution in [0.3, 0.4) is 0 Å². The van der Waals surface area contributed by atoms with Gasteiger partial charge in [0.05, 0.1) is 19.5 Å². The Balaban J connectivity index is 1.88. The number of carbonyl (C=O) groups is 1. The Morgan fingerprint density at radius 1 is 1.19 bits per heavy atom. The predicted molar refractivity (Wildman–Crippen MR) is 79.0 cm³/mol. The zero-order valence-electron chi connectivity index (χ0n) is 11.7. The molecule has 0 atom stereocenters. The maximum atomic E-state index is 12.1. The molecule has 1 heterocycles. The molecule has 1 amide bonds. The van der Waals surface area contributed by atoms with Crippen LogP contribution in [0.15, 0.2) is 47.1 Å². The first kappa shape index (κ1) is 15.3. The molecule has 2 N–H and O–H groups in total. The Morgan fingerprint density at radius 3 is 2.76 bits per heavy atom. The molecule has 0 aliphatic rings. The quantitative estimate of drug-likeness (QED) is 0.730. The average Bonchev–Trinajstić information content (AvgIpc) is 3.01. The van der Waals surface area contributed by atoms with Gasteiger partial charge in [0.25, 0.3) is 5.91 Å². The summed E-state index contributed by atoms with van der Waals surface area (Å²) >= 11 is 0. The predicted octanol–water partition coefficient (Wildman–Crippen LogP) is 2.08. The molecule has 0 saturated heterocycles. The zero-order chi connectivity index (χ0) is 14.9. The molecule has 0 unspecified atom stereocenters. The highest BCUT2D eigenvalue weighted by molar-refractivity contribution is 5.98. The summed E-state index contributed by atoms with van der Waals surface area (Å²) in [6, 6.07) is 11.4. The maximum absolute atomic E-state index is 12.1. The summed E-state index contributed by atoms with van der Waals surface area (Å²) in [4.78, 5) is 12.1. The number of aliphatic hydroxyl groups excluding tert-OH is 1. The topological polar surface area (TPSA) is 71.7 Å². The van der Waals surface area contributed by atoms with Gasteiger partial charge in [0.2, 0.25) is 0 Å². The molecule has 2 aromatic rings. The summed E-state index contributed by atoms with van der Waals surface area (Å²) < 4.78 is 10.4. The van der Waals surface area contributed by atoms with Crippen molar-refractivity contribution in [2.75, 3.05) is 26.4 Å². The molecule has 1 aromatic heterocycles. The molecule has 0 radical (unpaired) electrons. The Hall–Kier alpha value is -2.11. The lowest BCUT2D eigenvalue weighted by Gasteiger charge is -2.06.